The summed E-state index contributed by atoms with van der Waals surface area (Å²) in [5.41, 5.74) is 3.97. The molecule has 2 heterocycles. The summed E-state index contributed by atoms with van der Waals surface area (Å²) in [7, 11) is 0. The highest BCUT2D eigenvalue weighted by atomic mass is 35.5. The summed E-state index contributed by atoms with van der Waals surface area (Å²) >= 11 is 6.05. The zero-order valence-corrected chi connectivity index (χ0v) is 11.6. The fraction of sp³-hybridized carbons (Fsp3) is 0.571. The number of nitrogens with two attached hydrogens (primary N) is 1. The fourth-order valence-electron chi connectivity index (χ4n) is 3.16. The Balaban J connectivity index is 1.75. The van der Waals surface area contributed by atoms with E-state index in [1.165, 1.54) is 19.4 Å². The molecule has 2 aliphatic rings. The number of ether oxygens (including phenoxy) is 1. The molecule has 4 nitrogen and oxygen atoms in total. The van der Waals surface area contributed by atoms with E-state index in [9.17, 15) is 0 Å². The van der Waals surface area contributed by atoms with E-state index in [-0.39, 0.29) is 12.1 Å². The first-order valence-electron chi connectivity index (χ1n) is 6.85. The second-order valence-electron chi connectivity index (χ2n) is 5.36. The lowest BCUT2D eigenvalue weighted by molar-refractivity contribution is -0.0653. The molecule has 2 saturated heterocycles. The van der Waals surface area contributed by atoms with Crippen LogP contribution in [0, 0.1) is 0 Å². The molecule has 5 heteroatoms. The number of hydrogen-bond donors (Lipinski definition) is 2. The summed E-state index contributed by atoms with van der Waals surface area (Å²) in [4.78, 5) is 2.52. The first-order valence-corrected chi connectivity index (χ1v) is 7.23. The van der Waals surface area contributed by atoms with Crippen LogP contribution in [-0.2, 0) is 4.74 Å². The first kappa shape index (κ1) is 13.3. The number of nitrogens with one attached hydrogen (secondary N) is 1. The Morgan fingerprint density at radius 1 is 1.47 bits per heavy atom. The molecule has 0 bridgehead atoms. The normalized spacial score (nSPS) is 29.2. The van der Waals surface area contributed by atoms with Gasteiger partial charge in [-0.05, 0) is 37.1 Å². The van der Waals surface area contributed by atoms with Gasteiger partial charge in [-0.2, -0.15) is 0 Å². The molecule has 3 atom stereocenters. The van der Waals surface area contributed by atoms with Gasteiger partial charge in [0.05, 0.1) is 18.8 Å². The van der Waals surface area contributed by atoms with Crippen LogP contribution < -0.4 is 11.3 Å². The number of halogens is 1. The predicted molar refractivity (Wildman–Crippen MR) is 75.9 cm³/mol. The van der Waals surface area contributed by atoms with E-state index in [0.29, 0.717) is 6.04 Å². The van der Waals surface area contributed by atoms with Crippen LogP contribution in [0.3, 0.4) is 0 Å². The largest absolute Gasteiger partial charge is 0.373 e. The van der Waals surface area contributed by atoms with Gasteiger partial charge in [-0.25, -0.2) is 0 Å². The average molecular weight is 282 g/mol. The molecular weight excluding hydrogens is 262 g/mol. The lowest BCUT2D eigenvalue weighted by atomic mass is 10.00. The number of fused-ring (bicyclic) bond motifs is 1. The van der Waals surface area contributed by atoms with Crippen LogP contribution in [0.1, 0.15) is 24.4 Å². The van der Waals surface area contributed by atoms with Crippen molar-refractivity contribution >= 4 is 11.6 Å². The Labute approximate surface area is 118 Å². The van der Waals surface area contributed by atoms with Gasteiger partial charge in [0.15, 0.2) is 0 Å². The zero-order chi connectivity index (χ0) is 13.2. The third kappa shape index (κ3) is 2.78. The van der Waals surface area contributed by atoms with Gasteiger partial charge in [-0.3, -0.25) is 16.2 Å². The molecule has 0 aromatic heterocycles. The van der Waals surface area contributed by atoms with Crippen molar-refractivity contribution in [3.63, 3.8) is 0 Å². The van der Waals surface area contributed by atoms with Crippen LogP contribution in [0.5, 0.6) is 0 Å². The molecule has 3 N–H and O–H groups in total. The SMILES string of the molecule is NNC(c1cccc(Cl)c1)C1CN2CCCC2CO1. The topological polar surface area (TPSA) is 50.5 Å². The van der Waals surface area contributed by atoms with Crippen LogP contribution in [0.25, 0.3) is 0 Å². The molecule has 1 aromatic carbocycles. The Morgan fingerprint density at radius 2 is 2.37 bits per heavy atom. The van der Waals surface area contributed by atoms with Gasteiger partial charge in [0, 0.05) is 17.6 Å². The highest BCUT2D eigenvalue weighted by Gasteiger charge is 2.36. The molecule has 0 saturated carbocycles. The fourth-order valence-corrected chi connectivity index (χ4v) is 3.36. The minimum atomic E-state index is -0.0137. The van der Waals surface area contributed by atoms with Gasteiger partial charge in [0.1, 0.15) is 0 Å². The number of hydrazine groups is 1. The predicted octanol–water partition coefficient (Wildman–Crippen LogP) is 1.71. The molecule has 19 heavy (non-hydrogen) atoms. The molecule has 2 aliphatic heterocycles. The monoisotopic (exact) mass is 281 g/mol. The molecule has 1 aromatic rings. The highest BCUT2D eigenvalue weighted by molar-refractivity contribution is 6.30. The van der Waals surface area contributed by atoms with Crippen molar-refractivity contribution in [1.82, 2.24) is 10.3 Å². The summed E-state index contributed by atoms with van der Waals surface area (Å²) < 4.78 is 6.01. The van der Waals surface area contributed by atoms with Crippen LogP contribution in [-0.4, -0.2) is 36.7 Å². The van der Waals surface area contributed by atoms with E-state index in [4.69, 9.17) is 22.2 Å². The average Bonchev–Trinajstić information content (AvgIpc) is 2.87. The van der Waals surface area contributed by atoms with Crippen molar-refractivity contribution in [2.75, 3.05) is 19.7 Å². The summed E-state index contributed by atoms with van der Waals surface area (Å²) in [5.74, 6) is 5.73. The standard InChI is InChI=1S/C14H20ClN3O/c15-11-4-1-3-10(7-11)14(17-16)13-8-18-6-2-5-12(18)9-19-13/h1,3-4,7,12-14,17H,2,5-6,8-9,16H2. The lowest BCUT2D eigenvalue weighted by Gasteiger charge is -2.38. The van der Waals surface area contributed by atoms with Gasteiger partial charge in [-0.15, -0.1) is 0 Å². The molecule has 0 radical (unpaired) electrons. The van der Waals surface area contributed by atoms with E-state index in [0.717, 1.165) is 23.7 Å². The molecule has 104 valence electrons. The van der Waals surface area contributed by atoms with Gasteiger partial charge in [0.2, 0.25) is 0 Å². The molecule has 0 spiro atoms. The van der Waals surface area contributed by atoms with Crippen molar-refractivity contribution in [2.45, 2.75) is 31.0 Å². The van der Waals surface area contributed by atoms with Crippen LogP contribution >= 0.6 is 11.6 Å². The summed E-state index contributed by atoms with van der Waals surface area (Å²) in [6.07, 6.45) is 2.61. The van der Waals surface area contributed by atoms with Gasteiger partial charge in [0.25, 0.3) is 0 Å². The maximum Gasteiger partial charge on any atom is 0.0910 e. The molecule has 3 rings (SSSR count). The number of hydrogen-bond acceptors (Lipinski definition) is 4. The van der Waals surface area contributed by atoms with E-state index >= 15 is 0 Å². The van der Waals surface area contributed by atoms with Crippen LogP contribution in [0.15, 0.2) is 24.3 Å². The lowest BCUT2D eigenvalue weighted by Crippen LogP contribution is -2.51. The molecule has 0 aliphatic carbocycles. The second-order valence-corrected chi connectivity index (χ2v) is 5.80. The van der Waals surface area contributed by atoms with Gasteiger partial charge in [-0.1, -0.05) is 23.7 Å². The maximum atomic E-state index is 6.05. The van der Waals surface area contributed by atoms with E-state index in [1.54, 1.807) is 0 Å². The second kappa shape index (κ2) is 5.77. The molecule has 3 unspecified atom stereocenters. The Hall–Kier alpha value is -0.650. The summed E-state index contributed by atoms with van der Waals surface area (Å²) in [5, 5.41) is 0.729. The van der Waals surface area contributed by atoms with Crippen molar-refractivity contribution in [3.8, 4) is 0 Å². The third-order valence-electron chi connectivity index (χ3n) is 4.18. The maximum absolute atomic E-state index is 6.05. The Morgan fingerprint density at radius 3 is 3.16 bits per heavy atom. The molecular formula is C14H20ClN3O. The zero-order valence-electron chi connectivity index (χ0n) is 10.9. The number of morpholine rings is 1. The minimum Gasteiger partial charge on any atom is -0.373 e. The minimum absolute atomic E-state index is 0.0137. The van der Waals surface area contributed by atoms with Crippen LogP contribution in [0.4, 0.5) is 0 Å². The number of rotatable bonds is 3. The Bertz CT molecular complexity index is 442. The summed E-state index contributed by atoms with van der Waals surface area (Å²) in [6, 6.07) is 8.40. The smallest absolute Gasteiger partial charge is 0.0910 e. The van der Waals surface area contributed by atoms with E-state index in [2.05, 4.69) is 10.3 Å². The summed E-state index contributed by atoms with van der Waals surface area (Å²) in [6.45, 7) is 2.92. The van der Waals surface area contributed by atoms with Crippen LogP contribution in [0.2, 0.25) is 5.02 Å². The van der Waals surface area contributed by atoms with Crippen molar-refractivity contribution < 1.29 is 4.74 Å². The van der Waals surface area contributed by atoms with Gasteiger partial charge < -0.3 is 4.74 Å². The van der Waals surface area contributed by atoms with Crippen molar-refractivity contribution in [3.05, 3.63) is 34.9 Å². The highest BCUT2D eigenvalue weighted by Crippen LogP contribution is 2.29. The Kier molecular flexibility index (Phi) is 4.05. The van der Waals surface area contributed by atoms with Crippen molar-refractivity contribution in [2.24, 2.45) is 5.84 Å². The van der Waals surface area contributed by atoms with Crippen molar-refractivity contribution in [1.29, 1.82) is 0 Å². The molecule has 0 amide bonds. The first-order chi connectivity index (χ1) is 9.28. The van der Waals surface area contributed by atoms with E-state index in [1.807, 2.05) is 24.3 Å². The third-order valence-corrected chi connectivity index (χ3v) is 4.41. The van der Waals surface area contributed by atoms with Gasteiger partial charge >= 0.3 is 0 Å². The number of benzene rings is 1. The molecule has 2 fully saturated rings. The quantitative estimate of drug-likeness (QED) is 0.654. The van der Waals surface area contributed by atoms with E-state index < -0.39 is 0 Å². The number of nitrogens with zero attached hydrogens (tertiary/aromatic N) is 1.